The normalized spacial score (nSPS) is 12.3. The summed E-state index contributed by atoms with van der Waals surface area (Å²) in [7, 11) is -3.96. The predicted octanol–water partition coefficient (Wildman–Crippen LogP) is 4.43. The maximum atomic E-state index is 13.7. The van der Waals surface area contributed by atoms with Gasteiger partial charge in [-0.3, -0.25) is 9.10 Å². The van der Waals surface area contributed by atoms with Crippen molar-refractivity contribution in [2.75, 3.05) is 15.9 Å². The van der Waals surface area contributed by atoms with Gasteiger partial charge in [-0.05, 0) is 30.7 Å². The fraction of sp³-hybridized carbons (Fsp3) is 0.136. The van der Waals surface area contributed by atoms with Crippen molar-refractivity contribution >= 4 is 27.3 Å². The lowest BCUT2D eigenvalue weighted by Crippen LogP contribution is -2.45. The van der Waals surface area contributed by atoms with Crippen molar-refractivity contribution in [3.05, 3.63) is 84.4 Å². The molecule has 3 aromatic carbocycles. The van der Waals surface area contributed by atoms with E-state index in [1.165, 1.54) is 6.92 Å². The summed E-state index contributed by atoms with van der Waals surface area (Å²) in [6.07, 6.45) is 0.899. The summed E-state index contributed by atoms with van der Waals surface area (Å²) in [5, 5.41) is 2.74. The number of anilines is 2. The van der Waals surface area contributed by atoms with Crippen molar-refractivity contribution in [1.29, 1.82) is 0 Å². The van der Waals surface area contributed by atoms with Crippen LogP contribution >= 0.6 is 0 Å². The molecule has 1 amide bonds. The second kappa shape index (κ2) is 8.62. The highest BCUT2D eigenvalue weighted by molar-refractivity contribution is 7.92. The van der Waals surface area contributed by atoms with Crippen LogP contribution in [0.5, 0.6) is 0 Å². The van der Waals surface area contributed by atoms with E-state index in [-0.39, 0.29) is 5.69 Å². The Morgan fingerprint density at radius 3 is 2.20 bits per heavy atom. The van der Waals surface area contributed by atoms with E-state index in [9.17, 15) is 22.0 Å². The Bertz CT molecular complexity index is 1170. The van der Waals surface area contributed by atoms with Crippen molar-refractivity contribution in [3.63, 3.8) is 0 Å². The van der Waals surface area contributed by atoms with E-state index in [1.807, 2.05) is 42.5 Å². The van der Waals surface area contributed by atoms with Gasteiger partial charge in [0.2, 0.25) is 15.9 Å². The number of rotatable bonds is 6. The topological polar surface area (TPSA) is 66.5 Å². The summed E-state index contributed by atoms with van der Waals surface area (Å²) in [4.78, 5) is 12.9. The molecule has 0 bridgehead atoms. The number of para-hydroxylation sites is 1. The minimum Gasteiger partial charge on any atom is -0.324 e. The lowest BCUT2D eigenvalue weighted by molar-refractivity contribution is -0.116. The van der Waals surface area contributed by atoms with Crippen LogP contribution < -0.4 is 9.62 Å². The Hall–Kier alpha value is -3.26. The molecule has 0 saturated heterocycles. The maximum absolute atomic E-state index is 13.7. The number of carbonyl (C=O) groups is 1. The summed E-state index contributed by atoms with van der Waals surface area (Å²) in [5.41, 5.74) is 1.99. The molecule has 0 aliphatic rings. The number of hydrogen-bond donors (Lipinski definition) is 1. The molecule has 8 heteroatoms. The number of hydrogen-bond acceptors (Lipinski definition) is 3. The van der Waals surface area contributed by atoms with Crippen LogP contribution in [0.3, 0.4) is 0 Å². The lowest BCUT2D eigenvalue weighted by Gasteiger charge is -2.28. The van der Waals surface area contributed by atoms with Gasteiger partial charge in [0.05, 0.1) is 11.9 Å². The number of amides is 1. The van der Waals surface area contributed by atoms with E-state index < -0.39 is 33.6 Å². The molecule has 1 N–H and O–H groups in total. The van der Waals surface area contributed by atoms with E-state index in [0.29, 0.717) is 5.69 Å². The van der Waals surface area contributed by atoms with E-state index in [2.05, 4.69) is 5.32 Å². The zero-order chi connectivity index (χ0) is 21.9. The summed E-state index contributed by atoms with van der Waals surface area (Å²) < 4.78 is 52.4. The second-order valence-electron chi connectivity index (χ2n) is 6.73. The van der Waals surface area contributed by atoms with Crippen LogP contribution in [0.15, 0.2) is 72.8 Å². The third-order valence-electron chi connectivity index (χ3n) is 4.52. The van der Waals surface area contributed by atoms with Gasteiger partial charge in [-0.15, -0.1) is 0 Å². The van der Waals surface area contributed by atoms with Gasteiger partial charge >= 0.3 is 0 Å². The zero-order valence-corrected chi connectivity index (χ0v) is 17.2. The van der Waals surface area contributed by atoms with E-state index in [4.69, 9.17) is 0 Å². The van der Waals surface area contributed by atoms with Crippen LogP contribution in [0.4, 0.5) is 20.2 Å². The number of nitrogens with one attached hydrogen (secondary N) is 1. The zero-order valence-electron chi connectivity index (χ0n) is 16.3. The van der Waals surface area contributed by atoms with Gasteiger partial charge in [0.25, 0.3) is 0 Å². The molecule has 0 spiro atoms. The first kappa shape index (κ1) is 21.4. The quantitative estimate of drug-likeness (QED) is 0.629. The Kier molecular flexibility index (Phi) is 6.17. The standard InChI is InChI=1S/C22H20F2N2O3S/c1-15(26(30(2,28)29)17-12-13-19(23)20(24)14-17)22(27)25-21-11-7-6-10-18(21)16-8-4-3-5-9-16/h3-15H,1-2H3,(H,25,27)/t15-/m1/s1. The van der Waals surface area contributed by atoms with Gasteiger partial charge in [0, 0.05) is 17.3 Å². The molecule has 0 saturated carbocycles. The van der Waals surface area contributed by atoms with Crippen LogP contribution in [0.25, 0.3) is 11.1 Å². The highest BCUT2D eigenvalue weighted by atomic mass is 32.2. The minimum atomic E-state index is -3.96. The summed E-state index contributed by atoms with van der Waals surface area (Å²) in [5.74, 6) is -2.93. The van der Waals surface area contributed by atoms with E-state index in [1.54, 1.807) is 12.1 Å². The molecule has 3 aromatic rings. The smallest absolute Gasteiger partial charge is 0.248 e. The van der Waals surface area contributed by atoms with Crippen molar-refractivity contribution < 1.29 is 22.0 Å². The van der Waals surface area contributed by atoms with Gasteiger partial charge in [-0.2, -0.15) is 0 Å². The first-order valence-electron chi connectivity index (χ1n) is 9.08. The Morgan fingerprint density at radius 2 is 1.57 bits per heavy atom. The van der Waals surface area contributed by atoms with Gasteiger partial charge in [0.15, 0.2) is 11.6 Å². The molecule has 1 atom stereocenters. The molecule has 3 rings (SSSR count). The van der Waals surface area contributed by atoms with Gasteiger partial charge in [0.1, 0.15) is 6.04 Å². The van der Waals surface area contributed by atoms with Crippen molar-refractivity contribution in [3.8, 4) is 11.1 Å². The minimum absolute atomic E-state index is 0.143. The van der Waals surface area contributed by atoms with Gasteiger partial charge in [-0.25, -0.2) is 17.2 Å². The van der Waals surface area contributed by atoms with Gasteiger partial charge < -0.3 is 5.32 Å². The van der Waals surface area contributed by atoms with E-state index in [0.717, 1.165) is 39.9 Å². The number of carbonyl (C=O) groups excluding carboxylic acids is 1. The Balaban J connectivity index is 1.93. The highest BCUT2D eigenvalue weighted by Gasteiger charge is 2.30. The average Bonchev–Trinajstić information content (AvgIpc) is 2.71. The molecule has 5 nitrogen and oxygen atoms in total. The van der Waals surface area contributed by atoms with Crippen molar-refractivity contribution in [1.82, 2.24) is 0 Å². The third-order valence-corrected chi connectivity index (χ3v) is 5.76. The Morgan fingerprint density at radius 1 is 0.933 bits per heavy atom. The monoisotopic (exact) mass is 430 g/mol. The van der Waals surface area contributed by atoms with Gasteiger partial charge in [-0.1, -0.05) is 48.5 Å². The van der Waals surface area contributed by atoms with Crippen LogP contribution in [0, 0.1) is 11.6 Å². The number of benzene rings is 3. The fourth-order valence-electron chi connectivity index (χ4n) is 3.13. The third kappa shape index (κ3) is 4.65. The molecule has 0 aliphatic heterocycles. The van der Waals surface area contributed by atoms with Crippen LogP contribution in [-0.4, -0.2) is 26.6 Å². The summed E-state index contributed by atoms with van der Waals surface area (Å²) in [6, 6.07) is 18.0. The predicted molar refractivity (Wildman–Crippen MR) is 114 cm³/mol. The van der Waals surface area contributed by atoms with Crippen molar-refractivity contribution in [2.24, 2.45) is 0 Å². The molecule has 156 valence electrons. The summed E-state index contributed by atoms with van der Waals surface area (Å²) in [6.45, 7) is 1.38. The molecule has 0 fully saturated rings. The van der Waals surface area contributed by atoms with Crippen LogP contribution in [0.1, 0.15) is 6.92 Å². The van der Waals surface area contributed by atoms with Crippen molar-refractivity contribution in [2.45, 2.75) is 13.0 Å². The molecular formula is C22H20F2N2O3S. The highest BCUT2D eigenvalue weighted by Crippen LogP contribution is 2.29. The molecular weight excluding hydrogens is 410 g/mol. The molecule has 30 heavy (non-hydrogen) atoms. The molecule has 0 radical (unpaired) electrons. The SMILES string of the molecule is C[C@H](C(=O)Nc1ccccc1-c1ccccc1)N(c1ccc(F)c(F)c1)S(C)(=O)=O. The maximum Gasteiger partial charge on any atom is 0.248 e. The molecule has 0 aromatic heterocycles. The second-order valence-corrected chi connectivity index (χ2v) is 8.59. The number of sulfonamides is 1. The molecule has 0 aliphatic carbocycles. The largest absolute Gasteiger partial charge is 0.324 e. The van der Waals surface area contributed by atoms with Crippen LogP contribution in [-0.2, 0) is 14.8 Å². The first-order chi connectivity index (χ1) is 14.2. The average molecular weight is 430 g/mol. The Labute approximate surface area is 174 Å². The number of halogens is 2. The van der Waals surface area contributed by atoms with Crippen LogP contribution in [0.2, 0.25) is 0 Å². The molecule has 0 heterocycles. The van der Waals surface area contributed by atoms with E-state index >= 15 is 0 Å². The molecule has 0 unspecified atom stereocenters. The summed E-state index contributed by atoms with van der Waals surface area (Å²) >= 11 is 0. The number of nitrogens with zero attached hydrogens (tertiary/aromatic N) is 1. The first-order valence-corrected chi connectivity index (χ1v) is 10.9. The fourth-order valence-corrected chi connectivity index (χ4v) is 4.30. The lowest BCUT2D eigenvalue weighted by atomic mass is 10.0.